The first kappa shape index (κ1) is 30.7. The van der Waals surface area contributed by atoms with Crippen LogP contribution in [0.1, 0.15) is 66.2 Å². The van der Waals surface area contributed by atoms with E-state index >= 15 is 4.39 Å². The molecule has 12 nitrogen and oxygen atoms in total. The number of alkyl halides is 1. The number of nitrogens with zero attached hydrogens (tertiary/aromatic N) is 4. The summed E-state index contributed by atoms with van der Waals surface area (Å²) in [6.07, 6.45) is 2.95. The van der Waals surface area contributed by atoms with Crippen molar-refractivity contribution in [3.05, 3.63) is 18.3 Å². The molecule has 6 aliphatic rings. The molecule has 9 unspecified atom stereocenters. The van der Waals surface area contributed by atoms with E-state index in [2.05, 4.69) is 21.7 Å². The van der Waals surface area contributed by atoms with Crippen LogP contribution in [-0.4, -0.2) is 87.2 Å². The van der Waals surface area contributed by atoms with Gasteiger partial charge in [0.25, 0.3) is 5.91 Å². The third-order valence-corrected chi connectivity index (χ3v) is 11.4. The van der Waals surface area contributed by atoms with Gasteiger partial charge in [0.2, 0.25) is 17.4 Å². The van der Waals surface area contributed by atoms with Crippen LogP contribution in [0.15, 0.2) is 18.3 Å². The summed E-state index contributed by atoms with van der Waals surface area (Å²) in [4.78, 5) is 62.7. The molecule has 3 aliphatic heterocycles. The lowest BCUT2D eigenvalue weighted by Crippen LogP contribution is -2.60. The lowest BCUT2D eigenvalue weighted by molar-refractivity contribution is -0.149. The summed E-state index contributed by atoms with van der Waals surface area (Å²) in [7, 11) is 0. The lowest BCUT2D eigenvalue weighted by Gasteiger charge is -2.39. The van der Waals surface area contributed by atoms with Crippen LogP contribution in [-0.2, 0) is 19.1 Å². The van der Waals surface area contributed by atoms with Crippen molar-refractivity contribution in [2.45, 2.75) is 102 Å². The molecule has 2 bridgehead atoms. The molecule has 46 heavy (non-hydrogen) atoms. The third kappa shape index (κ3) is 4.78. The van der Waals surface area contributed by atoms with Gasteiger partial charge in [-0.1, -0.05) is 27.7 Å². The number of anilines is 1. The fourth-order valence-electron chi connectivity index (χ4n) is 8.75. The Morgan fingerprint density at radius 1 is 1.26 bits per heavy atom. The van der Waals surface area contributed by atoms with Crippen LogP contribution >= 0.6 is 0 Å². The van der Waals surface area contributed by atoms with Gasteiger partial charge in [-0.3, -0.25) is 14.4 Å². The monoisotopic (exact) mass is 636 g/mol. The molecule has 4 amide bonds. The number of hydrogen-bond acceptors (Lipinski definition) is 8. The Bertz CT molecular complexity index is 1520. The number of pyridine rings is 1. The summed E-state index contributed by atoms with van der Waals surface area (Å²) in [5.41, 5.74) is -2.77. The van der Waals surface area contributed by atoms with Crippen LogP contribution in [0.4, 0.5) is 15.0 Å². The molecule has 1 spiro atoms. The number of nitriles is 1. The van der Waals surface area contributed by atoms with E-state index in [1.807, 2.05) is 27.7 Å². The quantitative estimate of drug-likeness (QED) is 0.500. The van der Waals surface area contributed by atoms with Gasteiger partial charge in [-0.05, 0) is 73.3 Å². The summed E-state index contributed by atoms with van der Waals surface area (Å²) in [5.74, 6) is -1.73. The number of halogens is 1. The van der Waals surface area contributed by atoms with E-state index in [-0.39, 0.29) is 37.2 Å². The average Bonchev–Trinajstić information content (AvgIpc) is 3.31. The highest BCUT2D eigenvalue weighted by Gasteiger charge is 2.65. The zero-order valence-electron chi connectivity index (χ0n) is 26.6. The Labute approximate surface area is 267 Å². The van der Waals surface area contributed by atoms with Gasteiger partial charge >= 0.3 is 6.09 Å². The molecule has 4 heterocycles. The summed E-state index contributed by atoms with van der Waals surface area (Å²) >= 11 is 0. The number of aromatic nitrogens is 1. The van der Waals surface area contributed by atoms with Gasteiger partial charge in [-0.25, -0.2) is 14.2 Å². The maximum Gasteiger partial charge on any atom is 0.408 e. The zero-order chi connectivity index (χ0) is 32.8. The molecule has 1 aromatic heterocycles. The molecule has 5 fully saturated rings. The molecule has 0 radical (unpaired) electrons. The van der Waals surface area contributed by atoms with Gasteiger partial charge in [-0.15, -0.1) is 0 Å². The van der Waals surface area contributed by atoms with Gasteiger partial charge in [0.1, 0.15) is 29.9 Å². The molecule has 13 heteroatoms. The first-order chi connectivity index (χ1) is 21.8. The van der Waals surface area contributed by atoms with Gasteiger partial charge in [0.05, 0.1) is 12.6 Å². The first-order valence-corrected chi connectivity index (χ1v) is 16.4. The van der Waals surface area contributed by atoms with E-state index in [1.165, 1.54) is 16.0 Å². The second-order valence-electron chi connectivity index (χ2n) is 15.2. The van der Waals surface area contributed by atoms with Gasteiger partial charge < -0.3 is 29.9 Å². The standard InChI is InChI=1S/C33H41FN6O6/c1-5-32(8-9-32)46-30(44)37-25(31(2,3)4)28(42)39-15-20-17-11-19(21(34)12-17)23(20)24(39)27(41)40-16-33(13-18(40)14-35)29(43)38-26-22(45-33)7-6-10-36-26/h6-7,10,17-21,23-25H,5,8-9,11-13,15-16H2,1-4H3,(H,37,44)(H,36,38,43). The number of carbonyl (C=O) groups is 4. The van der Waals surface area contributed by atoms with Crippen LogP contribution in [0.5, 0.6) is 5.75 Å². The van der Waals surface area contributed by atoms with Crippen LogP contribution in [0, 0.1) is 40.4 Å². The smallest absolute Gasteiger partial charge is 0.408 e. The number of rotatable bonds is 5. The lowest BCUT2D eigenvalue weighted by atomic mass is 9.77. The predicted octanol–water partition coefficient (Wildman–Crippen LogP) is 3.18. The second-order valence-corrected chi connectivity index (χ2v) is 15.2. The first-order valence-electron chi connectivity index (χ1n) is 16.4. The van der Waals surface area contributed by atoms with E-state index in [4.69, 9.17) is 9.47 Å². The van der Waals surface area contributed by atoms with Gasteiger partial charge in [0.15, 0.2) is 11.6 Å². The highest BCUT2D eigenvalue weighted by molar-refractivity contribution is 6.01. The molecule has 7 rings (SSSR count). The molecule has 246 valence electrons. The number of fused-ring (bicyclic) bond motifs is 6. The maximum atomic E-state index is 15.3. The Kier molecular flexibility index (Phi) is 7.03. The minimum absolute atomic E-state index is 0.0385. The number of ether oxygens (including phenoxy) is 2. The van der Waals surface area contributed by atoms with E-state index in [0.29, 0.717) is 25.0 Å². The molecule has 3 aliphatic carbocycles. The molecule has 0 aromatic carbocycles. The van der Waals surface area contributed by atoms with E-state index in [9.17, 15) is 24.4 Å². The maximum absolute atomic E-state index is 15.3. The van der Waals surface area contributed by atoms with Gasteiger partial charge in [-0.2, -0.15) is 5.26 Å². The Hall–Kier alpha value is -3.95. The minimum Gasteiger partial charge on any atom is -0.472 e. The second kappa shape index (κ2) is 10.5. The number of carbonyl (C=O) groups excluding carboxylic acids is 4. The van der Waals surface area contributed by atoms with Crippen molar-refractivity contribution in [2.24, 2.45) is 29.1 Å². The fraction of sp³-hybridized carbons (Fsp3) is 0.697. The summed E-state index contributed by atoms with van der Waals surface area (Å²) in [5, 5.41) is 15.7. The zero-order valence-corrected chi connectivity index (χ0v) is 26.6. The minimum atomic E-state index is -1.52. The van der Waals surface area contributed by atoms with E-state index in [0.717, 1.165) is 12.8 Å². The molecule has 2 N–H and O–H groups in total. The topological polar surface area (TPSA) is 154 Å². The van der Waals surface area contributed by atoms with Crippen LogP contribution in [0.2, 0.25) is 0 Å². The fourth-order valence-corrected chi connectivity index (χ4v) is 8.75. The molecule has 9 atom stereocenters. The number of nitrogens with one attached hydrogen (secondary N) is 2. The van der Waals surface area contributed by atoms with Crippen molar-refractivity contribution < 1.29 is 33.0 Å². The number of likely N-dealkylation sites (tertiary alicyclic amines) is 2. The largest absolute Gasteiger partial charge is 0.472 e. The van der Waals surface area contributed by atoms with Crippen molar-refractivity contribution in [1.29, 1.82) is 5.26 Å². The predicted molar refractivity (Wildman–Crippen MR) is 161 cm³/mol. The van der Waals surface area contributed by atoms with Crippen LogP contribution < -0.4 is 15.4 Å². The van der Waals surface area contributed by atoms with E-state index in [1.54, 1.807) is 12.1 Å². The SMILES string of the molecule is CCC1(OC(=O)NC(C(=O)N2CC3C4CC(F)C(C4)C3C2C(=O)N2CC3(CC2C#N)Oc2cccnc2NC3=O)C(C)(C)C)CC1. The van der Waals surface area contributed by atoms with Crippen LogP contribution in [0.25, 0.3) is 0 Å². The highest BCUT2D eigenvalue weighted by atomic mass is 19.1. The van der Waals surface area contributed by atoms with Crippen molar-refractivity contribution in [1.82, 2.24) is 20.1 Å². The van der Waals surface area contributed by atoms with Crippen molar-refractivity contribution in [3.8, 4) is 11.8 Å². The molecule has 1 aromatic rings. The summed E-state index contributed by atoms with van der Waals surface area (Å²) < 4.78 is 27.2. The van der Waals surface area contributed by atoms with Crippen molar-refractivity contribution >= 4 is 29.6 Å². The van der Waals surface area contributed by atoms with Crippen molar-refractivity contribution in [2.75, 3.05) is 18.4 Å². The normalized spacial score (nSPS) is 35.5. The number of hydrogen-bond donors (Lipinski definition) is 2. The Morgan fingerprint density at radius 3 is 2.70 bits per heavy atom. The Balaban J connectivity index is 1.19. The van der Waals surface area contributed by atoms with Gasteiger partial charge in [0, 0.05) is 19.2 Å². The Morgan fingerprint density at radius 2 is 2.02 bits per heavy atom. The van der Waals surface area contributed by atoms with Crippen LogP contribution in [0.3, 0.4) is 0 Å². The highest BCUT2D eigenvalue weighted by Crippen LogP contribution is 2.59. The molecular weight excluding hydrogens is 595 g/mol. The van der Waals surface area contributed by atoms with Crippen molar-refractivity contribution in [3.63, 3.8) is 0 Å². The van der Waals surface area contributed by atoms with E-state index < -0.39 is 76.6 Å². The summed E-state index contributed by atoms with van der Waals surface area (Å²) in [6, 6.07) is 2.40. The molecule has 3 saturated carbocycles. The number of amides is 4. The summed E-state index contributed by atoms with van der Waals surface area (Å²) in [6.45, 7) is 7.49. The average molecular weight is 637 g/mol. The number of alkyl carbamates (subject to hydrolysis) is 1. The molecular formula is C33H41FN6O6. The molecule has 2 saturated heterocycles. The third-order valence-electron chi connectivity index (χ3n) is 11.4.